The molecule has 1 aromatic rings. The lowest BCUT2D eigenvalue weighted by atomic mass is 10.1. The van der Waals surface area contributed by atoms with Crippen molar-refractivity contribution in [1.82, 2.24) is 10.3 Å². The molecule has 1 unspecified atom stereocenters. The first kappa shape index (κ1) is 12.9. The Bertz CT molecular complexity index is 288. The first-order valence-corrected chi connectivity index (χ1v) is 5.59. The second kappa shape index (κ2) is 7.19. The van der Waals surface area contributed by atoms with Crippen molar-refractivity contribution in [2.75, 3.05) is 26.9 Å². The quantitative estimate of drug-likeness (QED) is 0.717. The maximum Gasteiger partial charge on any atom is 0.213 e. The number of nitrogens with zero attached hydrogens (tertiary/aromatic N) is 1. The molecular weight excluding hydrogens is 204 g/mol. The van der Waals surface area contributed by atoms with Gasteiger partial charge in [-0.05, 0) is 19.0 Å². The second-order valence-electron chi connectivity index (χ2n) is 3.55. The number of nitrogens with one attached hydrogen (secondary N) is 1. The van der Waals surface area contributed by atoms with Gasteiger partial charge in [-0.2, -0.15) is 0 Å². The summed E-state index contributed by atoms with van der Waals surface area (Å²) in [6.45, 7) is 6.27. The molecule has 0 radical (unpaired) electrons. The van der Waals surface area contributed by atoms with Crippen molar-refractivity contribution < 1.29 is 9.47 Å². The number of rotatable bonds is 7. The molecule has 1 atom stereocenters. The van der Waals surface area contributed by atoms with E-state index in [9.17, 15) is 0 Å². The van der Waals surface area contributed by atoms with Gasteiger partial charge in [0.15, 0.2) is 0 Å². The third kappa shape index (κ3) is 4.16. The van der Waals surface area contributed by atoms with E-state index in [1.165, 1.54) is 5.56 Å². The largest absolute Gasteiger partial charge is 0.475 e. The van der Waals surface area contributed by atoms with Crippen LogP contribution in [0, 0.1) is 0 Å². The Balaban J connectivity index is 2.47. The van der Waals surface area contributed by atoms with Crippen molar-refractivity contribution in [1.29, 1.82) is 0 Å². The van der Waals surface area contributed by atoms with Gasteiger partial charge in [-0.1, -0.05) is 13.0 Å². The third-order valence-corrected chi connectivity index (χ3v) is 2.31. The highest BCUT2D eigenvalue weighted by atomic mass is 16.5. The molecule has 1 heterocycles. The van der Waals surface area contributed by atoms with Crippen molar-refractivity contribution in [3.05, 3.63) is 23.9 Å². The zero-order valence-corrected chi connectivity index (χ0v) is 10.2. The minimum Gasteiger partial charge on any atom is -0.475 e. The fraction of sp³-hybridized carbons (Fsp3) is 0.583. The smallest absolute Gasteiger partial charge is 0.213 e. The summed E-state index contributed by atoms with van der Waals surface area (Å²) in [5.41, 5.74) is 1.17. The summed E-state index contributed by atoms with van der Waals surface area (Å²) in [6.07, 6.45) is 1.84. The molecule has 0 saturated heterocycles. The van der Waals surface area contributed by atoms with E-state index in [0.717, 1.165) is 6.54 Å². The maximum atomic E-state index is 5.38. The molecule has 0 aliphatic heterocycles. The topological polar surface area (TPSA) is 43.4 Å². The molecule has 0 aliphatic carbocycles. The molecule has 4 heteroatoms. The molecule has 16 heavy (non-hydrogen) atoms. The fourth-order valence-corrected chi connectivity index (χ4v) is 1.39. The standard InChI is InChI=1S/C12H20N2O2/c1-4-13-10(2)11-5-6-12(14-9-11)16-8-7-15-3/h5-6,9-10,13H,4,7-8H2,1-3H3. The summed E-state index contributed by atoms with van der Waals surface area (Å²) in [5, 5.41) is 3.33. The minimum absolute atomic E-state index is 0.325. The highest BCUT2D eigenvalue weighted by Gasteiger charge is 2.04. The van der Waals surface area contributed by atoms with Gasteiger partial charge in [-0.15, -0.1) is 0 Å². The predicted molar refractivity (Wildman–Crippen MR) is 63.7 cm³/mol. The van der Waals surface area contributed by atoms with Crippen LogP contribution in [0.4, 0.5) is 0 Å². The summed E-state index contributed by atoms with van der Waals surface area (Å²) in [6, 6.07) is 4.24. The molecule has 1 aromatic heterocycles. The van der Waals surface area contributed by atoms with E-state index in [-0.39, 0.29) is 0 Å². The van der Waals surface area contributed by atoms with Crippen LogP contribution in [-0.2, 0) is 4.74 Å². The SMILES string of the molecule is CCNC(C)c1ccc(OCCOC)nc1. The highest BCUT2D eigenvalue weighted by Crippen LogP contribution is 2.14. The van der Waals surface area contributed by atoms with E-state index in [1.807, 2.05) is 18.3 Å². The molecule has 0 saturated carbocycles. The van der Waals surface area contributed by atoms with Gasteiger partial charge in [-0.3, -0.25) is 0 Å². The minimum atomic E-state index is 0.325. The first-order valence-electron chi connectivity index (χ1n) is 5.59. The molecule has 4 nitrogen and oxygen atoms in total. The van der Waals surface area contributed by atoms with E-state index in [1.54, 1.807) is 7.11 Å². The lowest BCUT2D eigenvalue weighted by Crippen LogP contribution is -2.17. The van der Waals surface area contributed by atoms with E-state index in [2.05, 4.69) is 24.1 Å². The number of pyridine rings is 1. The summed E-state index contributed by atoms with van der Waals surface area (Å²) < 4.78 is 10.3. The summed E-state index contributed by atoms with van der Waals surface area (Å²) in [7, 11) is 1.65. The number of ether oxygens (including phenoxy) is 2. The van der Waals surface area contributed by atoms with Crippen molar-refractivity contribution in [3.8, 4) is 5.88 Å². The van der Waals surface area contributed by atoms with E-state index in [4.69, 9.17) is 9.47 Å². The first-order chi connectivity index (χ1) is 7.77. The number of hydrogen-bond acceptors (Lipinski definition) is 4. The van der Waals surface area contributed by atoms with Crippen molar-refractivity contribution in [2.24, 2.45) is 0 Å². The van der Waals surface area contributed by atoms with Crippen LogP contribution in [0.15, 0.2) is 18.3 Å². The Kier molecular flexibility index (Phi) is 5.82. The maximum absolute atomic E-state index is 5.38. The average molecular weight is 224 g/mol. The van der Waals surface area contributed by atoms with Gasteiger partial charge < -0.3 is 14.8 Å². The van der Waals surface area contributed by atoms with Crippen LogP contribution in [0.5, 0.6) is 5.88 Å². The van der Waals surface area contributed by atoms with Crippen LogP contribution in [0.2, 0.25) is 0 Å². The van der Waals surface area contributed by atoms with Crippen LogP contribution >= 0.6 is 0 Å². The average Bonchev–Trinajstić information content (AvgIpc) is 2.30. The van der Waals surface area contributed by atoms with Crippen molar-refractivity contribution in [3.63, 3.8) is 0 Å². The molecule has 1 N–H and O–H groups in total. The predicted octanol–water partition coefficient (Wildman–Crippen LogP) is 1.78. The summed E-state index contributed by atoms with van der Waals surface area (Å²) in [4.78, 5) is 4.24. The molecule has 0 spiro atoms. The lowest BCUT2D eigenvalue weighted by Gasteiger charge is -2.12. The van der Waals surface area contributed by atoms with Crippen LogP contribution in [0.1, 0.15) is 25.5 Å². The Labute approximate surface area is 97.0 Å². The van der Waals surface area contributed by atoms with Crippen molar-refractivity contribution in [2.45, 2.75) is 19.9 Å². The van der Waals surface area contributed by atoms with Crippen LogP contribution in [-0.4, -0.2) is 31.9 Å². The van der Waals surface area contributed by atoms with Gasteiger partial charge in [0.1, 0.15) is 6.61 Å². The molecule has 1 rings (SSSR count). The van der Waals surface area contributed by atoms with Crippen LogP contribution < -0.4 is 10.1 Å². The molecule has 0 fully saturated rings. The number of hydrogen-bond donors (Lipinski definition) is 1. The Morgan fingerprint density at radius 3 is 2.75 bits per heavy atom. The highest BCUT2D eigenvalue weighted by molar-refractivity contribution is 5.20. The van der Waals surface area contributed by atoms with Crippen molar-refractivity contribution >= 4 is 0 Å². The van der Waals surface area contributed by atoms with Gasteiger partial charge in [0.05, 0.1) is 6.61 Å². The number of methoxy groups -OCH3 is 1. The van der Waals surface area contributed by atoms with E-state index >= 15 is 0 Å². The van der Waals surface area contributed by atoms with Gasteiger partial charge in [0, 0.05) is 25.4 Å². The molecule has 0 bridgehead atoms. The van der Waals surface area contributed by atoms with Gasteiger partial charge in [-0.25, -0.2) is 4.98 Å². The van der Waals surface area contributed by atoms with Crippen LogP contribution in [0.3, 0.4) is 0 Å². The van der Waals surface area contributed by atoms with Gasteiger partial charge in [0.2, 0.25) is 5.88 Å². The second-order valence-corrected chi connectivity index (χ2v) is 3.55. The molecule has 0 amide bonds. The Morgan fingerprint density at radius 1 is 1.38 bits per heavy atom. The Hall–Kier alpha value is -1.13. The monoisotopic (exact) mass is 224 g/mol. The summed E-state index contributed by atoms with van der Waals surface area (Å²) in [5.74, 6) is 0.643. The lowest BCUT2D eigenvalue weighted by molar-refractivity contribution is 0.143. The zero-order valence-electron chi connectivity index (χ0n) is 10.2. The molecular formula is C12H20N2O2. The number of aromatic nitrogens is 1. The van der Waals surface area contributed by atoms with Gasteiger partial charge in [0.25, 0.3) is 0 Å². The van der Waals surface area contributed by atoms with Gasteiger partial charge >= 0.3 is 0 Å². The molecule has 0 aromatic carbocycles. The zero-order chi connectivity index (χ0) is 11.8. The third-order valence-electron chi connectivity index (χ3n) is 2.31. The van der Waals surface area contributed by atoms with E-state index < -0.39 is 0 Å². The molecule has 90 valence electrons. The van der Waals surface area contributed by atoms with E-state index in [0.29, 0.717) is 25.1 Å². The molecule has 0 aliphatic rings. The summed E-state index contributed by atoms with van der Waals surface area (Å²) >= 11 is 0. The Morgan fingerprint density at radius 2 is 2.19 bits per heavy atom. The van der Waals surface area contributed by atoms with Crippen LogP contribution in [0.25, 0.3) is 0 Å². The normalized spacial score (nSPS) is 12.4. The fourth-order valence-electron chi connectivity index (χ4n) is 1.39.